The highest BCUT2D eigenvalue weighted by Crippen LogP contribution is 2.16. The minimum atomic E-state index is -1.31. The van der Waals surface area contributed by atoms with Crippen molar-refractivity contribution >= 4 is 23.8 Å². The third kappa shape index (κ3) is 5.55. The lowest BCUT2D eigenvalue weighted by atomic mass is 9.93. The minimum absolute atomic E-state index is 0.000755. The number of esters is 1. The summed E-state index contributed by atoms with van der Waals surface area (Å²) < 4.78 is 4.84. The van der Waals surface area contributed by atoms with E-state index in [0.29, 0.717) is 5.06 Å². The first kappa shape index (κ1) is 20.0. The Morgan fingerprint density at radius 2 is 1.46 bits per heavy atom. The molecular formula is C14H21NO9. The average molecular weight is 347 g/mol. The fourth-order valence-corrected chi connectivity index (χ4v) is 1.78. The van der Waals surface area contributed by atoms with Crippen LogP contribution in [0.4, 0.5) is 0 Å². The predicted octanol–water partition coefficient (Wildman–Crippen LogP) is -1.73. The highest BCUT2D eigenvalue weighted by atomic mass is 16.7. The molecule has 1 rings (SSSR count). The number of imide groups is 1. The Balaban J connectivity index is 2.26. The van der Waals surface area contributed by atoms with E-state index in [4.69, 9.17) is 20.1 Å². The van der Waals surface area contributed by atoms with Crippen molar-refractivity contribution < 1.29 is 44.1 Å². The van der Waals surface area contributed by atoms with E-state index in [0.717, 1.165) is 0 Å². The first-order valence-corrected chi connectivity index (χ1v) is 7.42. The van der Waals surface area contributed by atoms with Gasteiger partial charge in [0.2, 0.25) is 0 Å². The van der Waals surface area contributed by atoms with Crippen LogP contribution in [0.5, 0.6) is 0 Å². The van der Waals surface area contributed by atoms with E-state index in [-0.39, 0.29) is 38.7 Å². The molecule has 0 aromatic carbocycles. The molecule has 0 unspecified atom stereocenters. The number of amides is 2. The summed E-state index contributed by atoms with van der Waals surface area (Å²) in [4.78, 5) is 50.2. The Hall–Kier alpha value is -2.04. The van der Waals surface area contributed by atoms with Crippen molar-refractivity contribution in [2.24, 2.45) is 5.41 Å². The highest BCUT2D eigenvalue weighted by molar-refractivity contribution is 6.01. The number of hydrogen-bond acceptors (Lipinski definition) is 9. The van der Waals surface area contributed by atoms with Gasteiger partial charge >= 0.3 is 11.9 Å². The zero-order valence-electron chi connectivity index (χ0n) is 13.1. The van der Waals surface area contributed by atoms with Crippen LogP contribution >= 0.6 is 0 Å². The second kappa shape index (κ2) is 9.30. The molecule has 136 valence electrons. The molecule has 3 N–H and O–H groups in total. The summed E-state index contributed by atoms with van der Waals surface area (Å²) in [5.74, 6) is -2.67. The lowest BCUT2D eigenvalue weighted by Crippen LogP contribution is -2.39. The maximum atomic E-state index is 11.5. The number of aliphatic hydroxyl groups excluding tert-OH is 3. The molecule has 1 heterocycles. The van der Waals surface area contributed by atoms with Gasteiger partial charge in [-0.25, -0.2) is 4.79 Å². The predicted molar refractivity (Wildman–Crippen MR) is 75.7 cm³/mol. The fraction of sp³-hybridized carbons (Fsp3) is 0.714. The standard InChI is InChI=1S/C14H21NO9/c16-6-14(7-17,8-18)9-23-12(21)2-1-3-13(22)24-15-10(19)4-5-11(15)20/h16-18H,1-9H2. The topological polar surface area (TPSA) is 151 Å². The quantitative estimate of drug-likeness (QED) is 0.309. The first-order valence-electron chi connectivity index (χ1n) is 7.42. The van der Waals surface area contributed by atoms with Crippen LogP contribution < -0.4 is 0 Å². The van der Waals surface area contributed by atoms with Crippen LogP contribution in [0.3, 0.4) is 0 Å². The molecule has 10 nitrogen and oxygen atoms in total. The van der Waals surface area contributed by atoms with E-state index in [1.807, 2.05) is 0 Å². The van der Waals surface area contributed by atoms with Crippen molar-refractivity contribution in [1.29, 1.82) is 0 Å². The van der Waals surface area contributed by atoms with Gasteiger partial charge in [-0.1, -0.05) is 0 Å². The molecule has 0 aliphatic carbocycles. The van der Waals surface area contributed by atoms with E-state index >= 15 is 0 Å². The molecule has 24 heavy (non-hydrogen) atoms. The molecule has 0 radical (unpaired) electrons. The molecule has 1 fully saturated rings. The van der Waals surface area contributed by atoms with Crippen molar-refractivity contribution in [2.75, 3.05) is 26.4 Å². The highest BCUT2D eigenvalue weighted by Gasteiger charge is 2.33. The van der Waals surface area contributed by atoms with E-state index in [9.17, 15) is 19.2 Å². The summed E-state index contributed by atoms with van der Waals surface area (Å²) >= 11 is 0. The van der Waals surface area contributed by atoms with Crippen LogP contribution in [0.15, 0.2) is 0 Å². The molecule has 0 aromatic rings. The Labute approximate surface area is 137 Å². The average Bonchev–Trinajstić information content (AvgIpc) is 2.88. The molecule has 0 bridgehead atoms. The number of ether oxygens (including phenoxy) is 1. The molecule has 2 amide bonds. The summed E-state index contributed by atoms with van der Waals surface area (Å²) in [6, 6.07) is 0. The van der Waals surface area contributed by atoms with Crippen LogP contribution in [-0.4, -0.2) is 70.6 Å². The number of aliphatic hydroxyl groups is 3. The smallest absolute Gasteiger partial charge is 0.333 e. The van der Waals surface area contributed by atoms with Crippen molar-refractivity contribution in [3.05, 3.63) is 0 Å². The van der Waals surface area contributed by atoms with Gasteiger partial charge in [0.25, 0.3) is 11.8 Å². The van der Waals surface area contributed by atoms with Crippen molar-refractivity contribution in [3.63, 3.8) is 0 Å². The zero-order chi connectivity index (χ0) is 18.2. The minimum Gasteiger partial charge on any atom is -0.465 e. The second-order valence-electron chi connectivity index (χ2n) is 5.53. The Bertz CT molecular complexity index is 462. The van der Waals surface area contributed by atoms with Gasteiger partial charge < -0.3 is 24.9 Å². The van der Waals surface area contributed by atoms with Crippen LogP contribution in [0.25, 0.3) is 0 Å². The van der Waals surface area contributed by atoms with E-state index in [2.05, 4.69) is 4.84 Å². The number of carbonyl (C=O) groups excluding carboxylic acids is 4. The maximum absolute atomic E-state index is 11.5. The zero-order valence-corrected chi connectivity index (χ0v) is 13.1. The molecule has 0 atom stereocenters. The summed E-state index contributed by atoms with van der Waals surface area (Å²) in [7, 11) is 0. The summed E-state index contributed by atoms with van der Waals surface area (Å²) in [6.45, 7) is -2.04. The lowest BCUT2D eigenvalue weighted by Gasteiger charge is -2.26. The molecule has 1 saturated heterocycles. The van der Waals surface area contributed by atoms with E-state index in [1.54, 1.807) is 0 Å². The number of carbonyl (C=O) groups is 4. The largest absolute Gasteiger partial charge is 0.465 e. The number of rotatable bonds is 10. The third-order valence-corrected chi connectivity index (χ3v) is 3.51. The van der Waals surface area contributed by atoms with Gasteiger partial charge in [0.15, 0.2) is 0 Å². The van der Waals surface area contributed by atoms with Crippen molar-refractivity contribution in [2.45, 2.75) is 32.1 Å². The van der Waals surface area contributed by atoms with Crippen LogP contribution in [0.2, 0.25) is 0 Å². The fourth-order valence-electron chi connectivity index (χ4n) is 1.78. The Kier molecular flexibility index (Phi) is 7.75. The Morgan fingerprint density at radius 1 is 0.958 bits per heavy atom. The normalized spacial score (nSPS) is 14.9. The summed E-state index contributed by atoms with van der Waals surface area (Å²) in [6.07, 6.45) is -0.271. The molecule has 1 aliphatic heterocycles. The lowest BCUT2D eigenvalue weighted by molar-refractivity contribution is -0.197. The molecule has 0 saturated carbocycles. The van der Waals surface area contributed by atoms with Gasteiger partial charge in [0.1, 0.15) is 6.61 Å². The maximum Gasteiger partial charge on any atom is 0.333 e. The molecule has 0 spiro atoms. The number of nitrogens with zero attached hydrogens (tertiary/aromatic N) is 1. The van der Waals surface area contributed by atoms with Gasteiger partial charge in [-0.3, -0.25) is 14.4 Å². The molecule has 0 aromatic heterocycles. The number of hydroxylamine groups is 2. The van der Waals surface area contributed by atoms with Crippen molar-refractivity contribution in [3.8, 4) is 0 Å². The van der Waals surface area contributed by atoms with Gasteiger partial charge in [-0.2, -0.15) is 0 Å². The summed E-state index contributed by atoms with van der Waals surface area (Å²) in [5.41, 5.74) is -1.31. The Morgan fingerprint density at radius 3 is 1.96 bits per heavy atom. The number of hydrogen-bond donors (Lipinski definition) is 3. The monoisotopic (exact) mass is 347 g/mol. The van der Waals surface area contributed by atoms with Crippen LogP contribution in [-0.2, 0) is 28.8 Å². The van der Waals surface area contributed by atoms with Crippen molar-refractivity contribution in [1.82, 2.24) is 5.06 Å². The van der Waals surface area contributed by atoms with E-state index < -0.39 is 49.0 Å². The van der Waals surface area contributed by atoms with Crippen LogP contribution in [0.1, 0.15) is 32.1 Å². The summed E-state index contributed by atoms with van der Waals surface area (Å²) in [5, 5.41) is 27.7. The third-order valence-electron chi connectivity index (χ3n) is 3.51. The molecule has 10 heteroatoms. The van der Waals surface area contributed by atoms with Gasteiger partial charge in [-0.05, 0) is 6.42 Å². The van der Waals surface area contributed by atoms with Gasteiger partial charge in [0, 0.05) is 25.7 Å². The van der Waals surface area contributed by atoms with E-state index in [1.165, 1.54) is 0 Å². The first-order chi connectivity index (χ1) is 11.4. The SMILES string of the molecule is O=C(CCCC(=O)ON1C(=O)CCC1=O)OCC(CO)(CO)CO. The van der Waals surface area contributed by atoms with Gasteiger partial charge in [-0.15, -0.1) is 5.06 Å². The second-order valence-corrected chi connectivity index (χ2v) is 5.53. The van der Waals surface area contributed by atoms with Gasteiger partial charge in [0.05, 0.1) is 25.2 Å². The molecular weight excluding hydrogens is 326 g/mol. The molecule has 1 aliphatic rings. The van der Waals surface area contributed by atoms with Crippen LogP contribution in [0, 0.1) is 5.41 Å².